The molecule has 0 aliphatic heterocycles. The van der Waals surface area contributed by atoms with Crippen molar-refractivity contribution in [2.24, 2.45) is 0 Å². The van der Waals surface area contributed by atoms with Gasteiger partial charge in [-0.05, 0) is 43.3 Å². The Morgan fingerprint density at radius 2 is 2.05 bits per heavy atom. The van der Waals surface area contributed by atoms with Gasteiger partial charge >= 0.3 is 0 Å². The SMILES string of the molecule is Cc1cc(C(=O)NCCOc2ccc(N)cc2)ccn1. The molecule has 1 aromatic carbocycles. The summed E-state index contributed by atoms with van der Waals surface area (Å²) in [6.07, 6.45) is 1.62. The Kier molecular flexibility index (Phi) is 4.55. The zero-order valence-electron chi connectivity index (χ0n) is 11.3. The summed E-state index contributed by atoms with van der Waals surface area (Å²) in [5.74, 6) is 0.601. The van der Waals surface area contributed by atoms with Crippen molar-refractivity contribution >= 4 is 11.6 Å². The fraction of sp³-hybridized carbons (Fsp3) is 0.200. The van der Waals surface area contributed by atoms with Crippen LogP contribution in [0.2, 0.25) is 0 Å². The van der Waals surface area contributed by atoms with E-state index in [2.05, 4.69) is 10.3 Å². The standard InChI is InChI=1S/C15H17N3O2/c1-11-10-12(6-7-17-11)15(19)18-8-9-20-14-4-2-13(16)3-5-14/h2-7,10H,8-9,16H2,1H3,(H,18,19). The van der Waals surface area contributed by atoms with Crippen molar-refractivity contribution in [1.29, 1.82) is 0 Å². The third-order valence-electron chi connectivity index (χ3n) is 2.70. The predicted octanol–water partition coefficient (Wildman–Crippen LogP) is 1.78. The lowest BCUT2D eigenvalue weighted by atomic mass is 10.2. The van der Waals surface area contributed by atoms with Crippen molar-refractivity contribution in [3.05, 3.63) is 53.9 Å². The second kappa shape index (κ2) is 6.56. The monoisotopic (exact) mass is 271 g/mol. The van der Waals surface area contributed by atoms with Crippen molar-refractivity contribution in [3.8, 4) is 5.75 Å². The Hall–Kier alpha value is -2.56. The summed E-state index contributed by atoms with van der Waals surface area (Å²) < 4.78 is 5.49. The van der Waals surface area contributed by atoms with E-state index < -0.39 is 0 Å². The number of anilines is 1. The van der Waals surface area contributed by atoms with Gasteiger partial charge in [0.1, 0.15) is 12.4 Å². The molecule has 2 aromatic rings. The normalized spacial score (nSPS) is 10.1. The van der Waals surface area contributed by atoms with E-state index in [0.717, 1.165) is 11.4 Å². The Bertz CT molecular complexity index is 582. The van der Waals surface area contributed by atoms with Crippen LogP contribution in [0.3, 0.4) is 0 Å². The largest absolute Gasteiger partial charge is 0.492 e. The molecule has 5 heteroatoms. The van der Waals surface area contributed by atoms with E-state index in [1.807, 2.05) is 6.92 Å². The lowest BCUT2D eigenvalue weighted by Crippen LogP contribution is -2.28. The van der Waals surface area contributed by atoms with Gasteiger partial charge in [0.2, 0.25) is 0 Å². The number of amides is 1. The number of benzene rings is 1. The lowest BCUT2D eigenvalue weighted by molar-refractivity contribution is 0.0947. The number of nitrogens with one attached hydrogen (secondary N) is 1. The molecule has 3 N–H and O–H groups in total. The summed E-state index contributed by atoms with van der Waals surface area (Å²) >= 11 is 0. The number of pyridine rings is 1. The molecule has 0 saturated carbocycles. The number of carbonyl (C=O) groups is 1. The second-order valence-electron chi connectivity index (χ2n) is 4.36. The number of hydrogen-bond donors (Lipinski definition) is 2. The van der Waals surface area contributed by atoms with E-state index in [9.17, 15) is 4.79 Å². The Morgan fingerprint density at radius 3 is 2.75 bits per heavy atom. The Labute approximate surface area is 117 Å². The minimum absolute atomic E-state index is 0.128. The highest BCUT2D eigenvalue weighted by atomic mass is 16.5. The van der Waals surface area contributed by atoms with Crippen molar-refractivity contribution in [2.45, 2.75) is 6.92 Å². The first kappa shape index (κ1) is 13.9. The number of ether oxygens (including phenoxy) is 1. The molecule has 20 heavy (non-hydrogen) atoms. The highest BCUT2D eigenvalue weighted by molar-refractivity contribution is 5.94. The number of nitrogens with two attached hydrogens (primary N) is 1. The number of nitrogens with zero attached hydrogens (tertiary/aromatic N) is 1. The molecule has 1 heterocycles. The molecule has 0 atom stereocenters. The van der Waals surface area contributed by atoms with E-state index in [1.54, 1.807) is 42.6 Å². The van der Waals surface area contributed by atoms with Gasteiger partial charge in [0.25, 0.3) is 5.91 Å². The molecule has 0 radical (unpaired) electrons. The molecule has 104 valence electrons. The van der Waals surface area contributed by atoms with Crippen LogP contribution >= 0.6 is 0 Å². The van der Waals surface area contributed by atoms with Crippen LogP contribution in [0.25, 0.3) is 0 Å². The lowest BCUT2D eigenvalue weighted by Gasteiger charge is -2.08. The third-order valence-corrected chi connectivity index (χ3v) is 2.70. The third kappa shape index (κ3) is 3.98. The summed E-state index contributed by atoms with van der Waals surface area (Å²) in [6, 6.07) is 10.6. The summed E-state index contributed by atoms with van der Waals surface area (Å²) in [4.78, 5) is 15.9. The summed E-state index contributed by atoms with van der Waals surface area (Å²) in [6.45, 7) is 2.69. The van der Waals surface area contributed by atoms with E-state index in [-0.39, 0.29) is 5.91 Å². The molecule has 0 spiro atoms. The van der Waals surface area contributed by atoms with E-state index in [1.165, 1.54) is 0 Å². The van der Waals surface area contributed by atoms with Gasteiger partial charge in [0, 0.05) is 23.1 Å². The molecule has 0 aliphatic carbocycles. The number of hydrogen-bond acceptors (Lipinski definition) is 4. The molecule has 2 rings (SSSR count). The molecule has 1 aromatic heterocycles. The van der Waals surface area contributed by atoms with Crippen molar-refractivity contribution < 1.29 is 9.53 Å². The van der Waals surface area contributed by atoms with Crippen molar-refractivity contribution in [1.82, 2.24) is 10.3 Å². The van der Waals surface area contributed by atoms with Crippen LogP contribution in [0.4, 0.5) is 5.69 Å². The first-order chi connectivity index (χ1) is 9.65. The topological polar surface area (TPSA) is 77.2 Å². The average molecular weight is 271 g/mol. The van der Waals surface area contributed by atoms with Gasteiger partial charge in [-0.3, -0.25) is 9.78 Å². The predicted molar refractivity (Wildman–Crippen MR) is 77.7 cm³/mol. The van der Waals surface area contributed by atoms with Crippen LogP contribution in [-0.4, -0.2) is 24.0 Å². The van der Waals surface area contributed by atoms with E-state index in [4.69, 9.17) is 10.5 Å². The minimum Gasteiger partial charge on any atom is -0.492 e. The second-order valence-corrected chi connectivity index (χ2v) is 4.36. The number of rotatable bonds is 5. The fourth-order valence-electron chi connectivity index (χ4n) is 1.69. The fourth-order valence-corrected chi connectivity index (χ4v) is 1.69. The van der Waals surface area contributed by atoms with Crippen LogP contribution in [0.5, 0.6) is 5.75 Å². The van der Waals surface area contributed by atoms with Gasteiger partial charge in [0.05, 0.1) is 6.54 Å². The van der Waals surface area contributed by atoms with Crippen LogP contribution in [-0.2, 0) is 0 Å². The number of aryl methyl sites for hydroxylation is 1. The van der Waals surface area contributed by atoms with E-state index in [0.29, 0.717) is 24.4 Å². The van der Waals surface area contributed by atoms with Gasteiger partial charge in [-0.15, -0.1) is 0 Å². The Morgan fingerprint density at radius 1 is 1.30 bits per heavy atom. The van der Waals surface area contributed by atoms with Crippen LogP contribution in [0.15, 0.2) is 42.6 Å². The number of nitrogen functional groups attached to an aromatic ring is 1. The zero-order chi connectivity index (χ0) is 14.4. The van der Waals surface area contributed by atoms with Gasteiger partial charge in [0.15, 0.2) is 0 Å². The maximum Gasteiger partial charge on any atom is 0.251 e. The van der Waals surface area contributed by atoms with Gasteiger partial charge in [-0.25, -0.2) is 0 Å². The van der Waals surface area contributed by atoms with E-state index >= 15 is 0 Å². The van der Waals surface area contributed by atoms with Crippen molar-refractivity contribution in [3.63, 3.8) is 0 Å². The van der Waals surface area contributed by atoms with Crippen LogP contribution in [0.1, 0.15) is 16.1 Å². The number of aromatic nitrogens is 1. The minimum atomic E-state index is -0.128. The summed E-state index contributed by atoms with van der Waals surface area (Å²) in [7, 11) is 0. The molecule has 0 aliphatic rings. The molecule has 0 unspecified atom stereocenters. The van der Waals surface area contributed by atoms with Gasteiger partial charge in [-0.1, -0.05) is 0 Å². The maximum absolute atomic E-state index is 11.8. The molecule has 5 nitrogen and oxygen atoms in total. The highest BCUT2D eigenvalue weighted by Gasteiger charge is 2.04. The molecule has 0 saturated heterocycles. The highest BCUT2D eigenvalue weighted by Crippen LogP contribution is 2.12. The summed E-state index contributed by atoms with van der Waals surface area (Å²) in [5.41, 5.74) is 7.69. The maximum atomic E-state index is 11.8. The molecule has 0 fully saturated rings. The molecular weight excluding hydrogens is 254 g/mol. The van der Waals surface area contributed by atoms with Crippen molar-refractivity contribution in [2.75, 3.05) is 18.9 Å². The number of carbonyl (C=O) groups excluding carboxylic acids is 1. The molecule has 1 amide bonds. The smallest absolute Gasteiger partial charge is 0.251 e. The first-order valence-corrected chi connectivity index (χ1v) is 6.34. The Balaban J connectivity index is 1.76. The molecule has 0 bridgehead atoms. The van der Waals surface area contributed by atoms with Crippen LogP contribution in [0, 0.1) is 6.92 Å². The average Bonchev–Trinajstić information content (AvgIpc) is 2.45. The van der Waals surface area contributed by atoms with Gasteiger partial charge < -0.3 is 15.8 Å². The molecular formula is C15H17N3O2. The summed E-state index contributed by atoms with van der Waals surface area (Å²) in [5, 5.41) is 2.79. The zero-order valence-corrected chi connectivity index (χ0v) is 11.3. The van der Waals surface area contributed by atoms with Crippen LogP contribution < -0.4 is 15.8 Å². The van der Waals surface area contributed by atoms with Gasteiger partial charge in [-0.2, -0.15) is 0 Å². The quantitative estimate of drug-likeness (QED) is 0.642. The first-order valence-electron chi connectivity index (χ1n) is 6.34.